The van der Waals surface area contributed by atoms with E-state index in [4.69, 9.17) is 62.6 Å². The van der Waals surface area contributed by atoms with Crippen molar-refractivity contribution >= 4 is 52.9 Å². The summed E-state index contributed by atoms with van der Waals surface area (Å²) < 4.78 is 77.5. The third kappa shape index (κ3) is 18.2. The van der Waals surface area contributed by atoms with Gasteiger partial charge >= 0.3 is 12.0 Å². The topological polar surface area (TPSA) is 333 Å². The lowest BCUT2D eigenvalue weighted by Crippen LogP contribution is -2.61. The molecule has 11 heterocycles. The Labute approximate surface area is 573 Å². The van der Waals surface area contributed by atoms with Crippen molar-refractivity contribution in [3.63, 3.8) is 0 Å². The number of hydrogen-bond acceptors (Lipinski definition) is 21. The van der Waals surface area contributed by atoms with Crippen molar-refractivity contribution in [2.75, 3.05) is 51.9 Å². The number of nitrogens with one attached hydrogen (secondary N) is 3. The maximum atomic E-state index is 14.6. The van der Waals surface area contributed by atoms with Crippen LogP contribution in [0.3, 0.4) is 0 Å². The van der Waals surface area contributed by atoms with Crippen molar-refractivity contribution in [1.29, 1.82) is 0 Å². The highest BCUT2D eigenvalue weighted by atomic mass is 16.8. The number of ether oxygens (including phenoxy) is 12. The predicted octanol–water partition coefficient (Wildman–Crippen LogP) is 5.45. The van der Waals surface area contributed by atoms with Crippen molar-refractivity contribution in [2.24, 2.45) is 29.4 Å². The number of benzene rings is 1. The number of rotatable bonds is 28. The van der Waals surface area contributed by atoms with Gasteiger partial charge in [-0.2, -0.15) is 0 Å². The monoisotopic (exact) mass is 1370 g/mol. The predicted molar refractivity (Wildman–Crippen MR) is 350 cm³/mol. The van der Waals surface area contributed by atoms with Gasteiger partial charge in [-0.05, 0) is 105 Å². The molecule has 1 aromatic carbocycles. The zero-order valence-corrected chi connectivity index (χ0v) is 57.0. The average molecular weight is 1370 g/mol. The highest BCUT2D eigenvalue weighted by molar-refractivity contribution is 6.12. The number of hydrogen-bond donors (Lipinski definition) is 5. The van der Waals surface area contributed by atoms with Crippen LogP contribution in [0, 0.1) is 23.7 Å². The van der Waals surface area contributed by atoms with Gasteiger partial charge in [0.2, 0.25) is 11.8 Å². The van der Waals surface area contributed by atoms with E-state index in [1.165, 1.54) is 12.2 Å². The number of urea groups is 1. The van der Waals surface area contributed by atoms with Gasteiger partial charge in [0.15, 0.2) is 11.6 Å². The van der Waals surface area contributed by atoms with Crippen molar-refractivity contribution in [1.82, 2.24) is 15.5 Å². The van der Waals surface area contributed by atoms with Gasteiger partial charge in [-0.1, -0.05) is 46.1 Å². The summed E-state index contributed by atoms with van der Waals surface area (Å²) in [7, 11) is 1.60. The molecule has 26 nitrogen and oxygen atoms in total. The summed E-state index contributed by atoms with van der Waals surface area (Å²) in [5.41, 5.74) is 8.37. The molecule has 10 fully saturated rings. The fraction of sp³-hybridized carbons (Fsp3) is 0.722. The second kappa shape index (κ2) is 33.3. The molecule has 11 aliphatic rings. The molecule has 26 heteroatoms. The maximum Gasteiger partial charge on any atom is 0.312 e. The largest absolute Gasteiger partial charge is 0.461 e. The first-order valence-electron chi connectivity index (χ1n) is 35.6. The van der Waals surface area contributed by atoms with Crippen LogP contribution in [0.4, 0.5) is 10.5 Å². The maximum absolute atomic E-state index is 14.6. The molecule has 6 N–H and O–H groups in total. The van der Waals surface area contributed by atoms with E-state index in [1.807, 2.05) is 0 Å². The molecule has 0 aromatic heterocycles. The van der Waals surface area contributed by atoms with E-state index in [1.54, 1.807) is 45.2 Å². The molecular formula is C72H101N5O21. The Balaban J connectivity index is 0.658. The molecular weight excluding hydrogens is 1270 g/mol. The molecule has 0 aliphatic carbocycles. The first-order chi connectivity index (χ1) is 47.1. The van der Waals surface area contributed by atoms with Crippen LogP contribution in [0.1, 0.15) is 148 Å². The van der Waals surface area contributed by atoms with Crippen molar-refractivity contribution in [2.45, 2.75) is 259 Å². The van der Waals surface area contributed by atoms with Gasteiger partial charge in [-0.3, -0.25) is 38.5 Å². The van der Waals surface area contributed by atoms with Crippen molar-refractivity contribution in [3.8, 4) is 0 Å². The number of aliphatic hydroxyl groups is 1. The number of imide groups is 1. The van der Waals surface area contributed by atoms with Gasteiger partial charge < -0.3 is 83.6 Å². The Bertz CT molecular complexity index is 3060. The van der Waals surface area contributed by atoms with Crippen LogP contribution >= 0.6 is 0 Å². The first-order valence-corrected chi connectivity index (χ1v) is 35.6. The molecule has 1 aromatic rings. The summed E-state index contributed by atoms with van der Waals surface area (Å²) >= 11 is 0. The zero-order valence-electron chi connectivity index (χ0n) is 57.0. The Hall–Kier alpha value is -5.88. The van der Waals surface area contributed by atoms with Crippen LogP contribution in [-0.4, -0.2) is 213 Å². The number of carbonyl (C=O) groups excluding carboxylic acids is 8. The lowest BCUT2D eigenvalue weighted by atomic mass is 9.81. The Morgan fingerprint density at radius 3 is 2.22 bits per heavy atom. The zero-order chi connectivity index (χ0) is 69.4. The third-order valence-electron chi connectivity index (χ3n) is 21.4. The summed E-state index contributed by atoms with van der Waals surface area (Å²) in [5.74, 6) is -4.81. The molecule has 0 saturated carbocycles. The Morgan fingerprint density at radius 2 is 1.47 bits per heavy atom. The second-order valence-electron chi connectivity index (χ2n) is 28.8. The molecule has 1 spiro atoms. The molecule has 540 valence electrons. The van der Waals surface area contributed by atoms with Crippen molar-refractivity contribution < 1.29 is 100 Å². The van der Waals surface area contributed by atoms with E-state index in [2.05, 4.69) is 36.0 Å². The Kier molecular flexibility index (Phi) is 24.9. The lowest BCUT2D eigenvalue weighted by Gasteiger charge is -2.47. The van der Waals surface area contributed by atoms with Gasteiger partial charge in [-0.15, -0.1) is 0 Å². The summed E-state index contributed by atoms with van der Waals surface area (Å²) in [6.45, 7) is 15.4. The van der Waals surface area contributed by atoms with E-state index in [0.717, 1.165) is 48.2 Å². The number of fused-ring (bicyclic) bond motifs is 6. The van der Waals surface area contributed by atoms with Crippen LogP contribution < -0.4 is 21.7 Å². The highest BCUT2D eigenvalue weighted by Gasteiger charge is 2.69. The fourth-order valence-electron chi connectivity index (χ4n) is 16.2. The number of methoxy groups -OCH3 is 1. The fourth-order valence-corrected chi connectivity index (χ4v) is 16.2. The van der Waals surface area contributed by atoms with E-state index in [-0.39, 0.29) is 182 Å². The summed E-state index contributed by atoms with van der Waals surface area (Å²) in [5, 5.41) is 19.8. The number of carbonyl (C=O) groups is 8. The average Bonchev–Trinajstić information content (AvgIpc) is 1.55. The standard InChI is InChI=1S/C72H101N5O21/c1-39(2)63(76-59(81)22-26-88-28-29-89-27-25-77-60(82)18-19-61(77)83)52(80)32-44(8-7-24-74-71(73)86)70(85)75-45-11-9-43(10-12-45)38-90-62(84)20-13-46(78)35-57-64(87-6)51-34-47(79)33-49-15-17-54-65(93-49)69-68-67(95-54)66-58(96-68)37-72(97-66,98-69)23-21-50-31-41(4)53(91-50)16-14-48-30-40(3)42(5)55(92-48)36-56(51)94-57/h9-12,18-19,39-40,44,46,48-51,53-58,63-69,78H,4-5,7-8,13-17,20-38H2,1-3,6H3,(H,75,85)(H,76,81)(H3,73,74,86)/t40-,44-,46-,48+,49-,50+,51+,53+,54+,55-,56+,57-,58-,63+,64-,65+,66?,67+,68?,69+,72+/m1/s1. The third-order valence-corrected chi connectivity index (χ3v) is 21.4. The summed E-state index contributed by atoms with van der Waals surface area (Å²) in [6, 6.07) is 5.03. The highest BCUT2D eigenvalue weighted by Crippen LogP contribution is 2.55. The van der Waals surface area contributed by atoms with Crippen LogP contribution in [0.2, 0.25) is 0 Å². The lowest BCUT2D eigenvalue weighted by molar-refractivity contribution is -0.292. The number of ketones is 2. The quantitative estimate of drug-likeness (QED) is 0.0301. The number of nitrogens with zero attached hydrogens (tertiary/aromatic N) is 1. The molecule has 98 heavy (non-hydrogen) atoms. The van der Waals surface area contributed by atoms with Gasteiger partial charge in [0.25, 0.3) is 11.8 Å². The molecule has 6 amide bonds. The second-order valence-corrected chi connectivity index (χ2v) is 28.8. The molecule has 2 unspecified atom stereocenters. The Morgan fingerprint density at radius 1 is 0.755 bits per heavy atom. The molecule has 21 atom stereocenters. The summed E-state index contributed by atoms with van der Waals surface area (Å²) in [6.07, 6.45) is 4.35. The minimum Gasteiger partial charge on any atom is -0.461 e. The minimum absolute atomic E-state index is 0.00751. The van der Waals surface area contributed by atoms with Crippen LogP contribution in [0.25, 0.3) is 0 Å². The number of nitrogens with two attached hydrogens (primary N) is 1. The first kappa shape index (κ1) is 73.3. The number of Topliss-reactive ketones (excluding diaryl/α,β-unsaturated/α-hetero) is 2. The number of aliphatic hydroxyl groups excluding tert-OH is 1. The van der Waals surface area contributed by atoms with Crippen LogP contribution in [0.15, 0.2) is 60.7 Å². The molecule has 0 radical (unpaired) electrons. The number of anilines is 1. The van der Waals surface area contributed by atoms with Gasteiger partial charge in [0.1, 0.15) is 42.9 Å². The number of esters is 1. The van der Waals surface area contributed by atoms with E-state index in [9.17, 15) is 43.5 Å². The van der Waals surface area contributed by atoms with Crippen molar-refractivity contribution in [3.05, 3.63) is 66.3 Å². The number of amides is 6. The minimum atomic E-state index is -0.990. The molecule has 10 saturated heterocycles. The van der Waals surface area contributed by atoms with Gasteiger partial charge in [0.05, 0.1) is 106 Å². The van der Waals surface area contributed by atoms with E-state index in [0.29, 0.717) is 49.8 Å². The normalized spacial score (nSPS) is 34.4. The van der Waals surface area contributed by atoms with Crippen LogP contribution in [0.5, 0.6) is 0 Å². The number of primary amides is 1. The molecule has 12 rings (SSSR count). The van der Waals surface area contributed by atoms with E-state index < -0.39 is 95.9 Å². The van der Waals surface area contributed by atoms with Gasteiger partial charge in [-0.25, -0.2) is 4.79 Å². The van der Waals surface area contributed by atoms with Gasteiger partial charge in [0, 0.05) is 101 Å². The molecule has 11 aliphatic heterocycles. The van der Waals surface area contributed by atoms with Crippen LogP contribution in [-0.2, 0) is 97.0 Å². The molecule has 12 bridgehead atoms. The smallest absolute Gasteiger partial charge is 0.312 e. The summed E-state index contributed by atoms with van der Waals surface area (Å²) in [4.78, 5) is 104. The van der Waals surface area contributed by atoms with E-state index >= 15 is 0 Å². The SMILES string of the molecule is C=C1C[C@@H]2CC[C@@]34C[C@H]5OC6[C@@H](O[C@H]7CC[C@H](CC(=O)C[C@@H]8[C@@H](OC)[C@@H](C[C@H](O)CCC(=O)OCc9ccc(NC(=O)[C@H](CCCNC(N)=O)CC(=O)[C@@H](NC(=O)CCOCCOCCN%10C(=O)C=CC%10=O)C(C)C)cc9)O[C@H]8C[C@H]8O[C@@H](CC[C@@H]1O2)C[C@@H](C)C8=C)O[C@@H]7[C@@H]6O3)C5O4.